The Balaban J connectivity index is 1.32. The summed E-state index contributed by atoms with van der Waals surface area (Å²) in [7, 11) is 0. The molecule has 278 valence electrons. The molecule has 2 aliphatic heterocycles. The van der Waals surface area contributed by atoms with Crippen molar-refractivity contribution < 1.29 is 42.5 Å². The maximum absolute atomic E-state index is 14.8. The first kappa shape index (κ1) is 37.6. The van der Waals surface area contributed by atoms with Gasteiger partial charge in [0.05, 0.1) is 27.0 Å². The Labute approximate surface area is 313 Å². The van der Waals surface area contributed by atoms with Gasteiger partial charge in [0.25, 0.3) is 11.1 Å². The van der Waals surface area contributed by atoms with E-state index in [1.165, 1.54) is 38.2 Å². The summed E-state index contributed by atoms with van der Waals surface area (Å²) in [5.41, 5.74) is 1.07. The number of nitrogens with zero attached hydrogens (tertiary/aromatic N) is 4. The van der Waals surface area contributed by atoms with Crippen molar-refractivity contribution in [3.8, 4) is 10.9 Å². The molecule has 1 saturated carbocycles. The van der Waals surface area contributed by atoms with Gasteiger partial charge in [0.15, 0.2) is 5.75 Å². The van der Waals surface area contributed by atoms with Gasteiger partial charge in [0.2, 0.25) is 0 Å². The topological polar surface area (TPSA) is 122 Å². The zero-order valence-electron chi connectivity index (χ0n) is 29.0. The number of hydrogen-bond donors (Lipinski definition) is 1. The molecule has 3 aliphatic rings. The molecule has 1 N–H and O–H groups in total. The lowest BCUT2D eigenvalue weighted by Crippen LogP contribution is -2.65. The van der Waals surface area contributed by atoms with Gasteiger partial charge >= 0.3 is 12.2 Å². The van der Waals surface area contributed by atoms with E-state index >= 15 is 0 Å². The first-order valence-electron chi connectivity index (χ1n) is 16.7. The van der Waals surface area contributed by atoms with E-state index in [9.17, 15) is 28.3 Å². The van der Waals surface area contributed by atoms with Crippen LogP contribution in [0.15, 0.2) is 42.1 Å². The van der Waals surface area contributed by atoms with Gasteiger partial charge in [-0.1, -0.05) is 34.5 Å². The smallest absolute Gasteiger partial charge is 0.410 e. The Hall–Kier alpha value is -4.14. The van der Waals surface area contributed by atoms with Gasteiger partial charge in [-0.05, 0) is 87.9 Å². The average Bonchev–Trinajstić information content (AvgIpc) is 3.77. The average molecular weight is 780 g/mol. The molecular weight excluding hydrogens is 741 g/mol. The summed E-state index contributed by atoms with van der Waals surface area (Å²) in [6, 6.07) is 4.59. The van der Waals surface area contributed by atoms with Gasteiger partial charge in [0, 0.05) is 43.5 Å². The number of amides is 3. The number of carboxylic acid groups (broad SMARTS) is 1. The molecule has 2 aromatic carbocycles. The highest BCUT2D eigenvalue weighted by atomic mass is 35.5. The van der Waals surface area contributed by atoms with Gasteiger partial charge in [0.1, 0.15) is 30.4 Å². The summed E-state index contributed by atoms with van der Waals surface area (Å²) in [6.45, 7) is 7.08. The Morgan fingerprint density at radius 2 is 1.67 bits per heavy atom. The minimum Gasteiger partial charge on any atom is -0.487 e. The largest absolute Gasteiger partial charge is 0.487 e. The van der Waals surface area contributed by atoms with E-state index in [4.69, 9.17) is 37.4 Å². The monoisotopic (exact) mass is 778 g/mol. The predicted molar refractivity (Wildman–Crippen MR) is 191 cm³/mol. The molecule has 1 aromatic heterocycles. The molecule has 11 nitrogen and oxygen atoms in total. The van der Waals surface area contributed by atoms with Crippen LogP contribution < -0.4 is 9.47 Å². The molecule has 0 radical (unpaired) electrons. The predicted octanol–water partition coefficient (Wildman–Crippen LogP) is 7.81. The third-order valence-corrected chi connectivity index (χ3v) is 10.3. The highest BCUT2D eigenvalue weighted by molar-refractivity contribution is 7.14. The zero-order chi connectivity index (χ0) is 37.5. The summed E-state index contributed by atoms with van der Waals surface area (Å²) >= 11 is 13.8. The van der Waals surface area contributed by atoms with Crippen LogP contribution in [0.2, 0.25) is 10.0 Å². The van der Waals surface area contributed by atoms with Crippen LogP contribution in [0, 0.1) is 18.6 Å². The number of rotatable bonds is 10. The van der Waals surface area contributed by atoms with E-state index in [-0.39, 0.29) is 61.6 Å². The fourth-order valence-electron chi connectivity index (χ4n) is 6.55. The van der Waals surface area contributed by atoms with Crippen molar-refractivity contribution in [2.24, 2.45) is 0 Å². The fraction of sp³-hybridized carbons (Fsp3) is 0.444. The number of hydrogen-bond acceptors (Lipinski definition) is 8. The summed E-state index contributed by atoms with van der Waals surface area (Å²) in [5.74, 6) is -1.70. The minimum atomic E-state index is -1.24. The summed E-state index contributed by atoms with van der Waals surface area (Å²) in [4.78, 5) is 50.0. The lowest BCUT2D eigenvalue weighted by Gasteiger charge is -2.50. The number of benzene rings is 2. The highest BCUT2D eigenvalue weighted by Crippen LogP contribution is 2.43. The van der Waals surface area contributed by atoms with Crippen LogP contribution in [0.3, 0.4) is 0 Å². The number of carbonyl (C=O) groups excluding carboxylic acids is 2. The minimum absolute atomic E-state index is 0.0429. The molecule has 3 heterocycles. The van der Waals surface area contributed by atoms with E-state index in [1.54, 1.807) is 39.1 Å². The summed E-state index contributed by atoms with van der Waals surface area (Å²) < 4.78 is 45.7. The molecule has 16 heteroatoms. The molecular formula is C36H38Cl2F2N4O7S. The van der Waals surface area contributed by atoms with E-state index in [1.807, 2.05) is 6.92 Å². The van der Waals surface area contributed by atoms with Gasteiger partial charge < -0.3 is 29.1 Å². The van der Waals surface area contributed by atoms with E-state index in [0.717, 1.165) is 11.6 Å². The van der Waals surface area contributed by atoms with Crippen molar-refractivity contribution in [2.75, 3.05) is 26.3 Å². The fourth-order valence-corrected chi connectivity index (χ4v) is 8.11. The van der Waals surface area contributed by atoms with Crippen molar-refractivity contribution in [2.45, 2.75) is 77.2 Å². The molecule has 52 heavy (non-hydrogen) atoms. The Morgan fingerprint density at radius 3 is 2.29 bits per heavy atom. The van der Waals surface area contributed by atoms with Gasteiger partial charge in [-0.2, -0.15) is 0 Å². The van der Waals surface area contributed by atoms with Crippen LogP contribution in [0.5, 0.6) is 10.9 Å². The summed E-state index contributed by atoms with van der Waals surface area (Å²) in [5, 5.41) is 11.5. The van der Waals surface area contributed by atoms with Crippen LogP contribution >= 0.6 is 34.5 Å². The van der Waals surface area contributed by atoms with Crippen LogP contribution in [-0.2, 0) is 16.1 Å². The third kappa shape index (κ3) is 8.56. The number of aryl methyl sites for hydroxylation is 1. The van der Waals surface area contributed by atoms with E-state index < -0.39 is 47.4 Å². The normalized spacial score (nSPS) is 18.7. The molecule has 2 atom stereocenters. The third-order valence-electron chi connectivity index (χ3n) is 8.76. The highest BCUT2D eigenvalue weighted by Gasteiger charge is 2.50. The number of fused-ring (bicyclic) bond motifs is 2. The number of halogens is 4. The molecule has 2 fully saturated rings. The second-order valence-electron chi connectivity index (χ2n) is 14.0. The van der Waals surface area contributed by atoms with Crippen molar-refractivity contribution in [1.29, 1.82) is 0 Å². The molecule has 1 saturated heterocycles. The van der Waals surface area contributed by atoms with Gasteiger partial charge in [-0.25, -0.2) is 23.4 Å². The lowest BCUT2D eigenvalue weighted by atomic mass is 9.83. The van der Waals surface area contributed by atoms with Crippen molar-refractivity contribution in [1.82, 2.24) is 19.7 Å². The van der Waals surface area contributed by atoms with Crippen molar-refractivity contribution in [3.05, 3.63) is 79.8 Å². The van der Waals surface area contributed by atoms with Crippen LogP contribution in [0.4, 0.5) is 18.4 Å². The standard InChI is InChI=1S/C36H38Cl2F2N4O7S/c1-19-9-26(37)31(27(38)10-19)49-7-8-50-33-41-15-29(52-33)25-14-24-17-42(35(48)51-36(2,3)4)18-28(44(24)34(46)47)30(25)32(45)43(23-5-6-23)16-20-11-21(39)13-22(40)12-20/h9-13,15,23-24,28H,5-8,14,16-18H2,1-4H3,(H,46,47)/t24?,28-/m1/s1. The first-order chi connectivity index (χ1) is 24.6. The van der Waals surface area contributed by atoms with Crippen molar-refractivity contribution in [3.63, 3.8) is 0 Å². The number of ether oxygens (including phenoxy) is 3. The second-order valence-corrected chi connectivity index (χ2v) is 15.8. The summed E-state index contributed by atoms with van der Waals surface area (Å²) in [6.07, 6.45) is 1.14. The lowest BCUT2D eigenvalue weighted by molar-refractivity contribution is -0.129. The van der Waals surface area contributed by atoms with Crippen molar-refractivity contribution >= 4 is 58.2 Å². The molecule has 1 unspecified atom stereocenters. The number of carbonyl (C=O) groups is 3. The maximum atomic E-state index is 14.8. The Bertz CT molecular complexity index is 1870. The van der Waals surface area contributed by atoms with Crippen LogP contribution in [0.1, 0.15) is 56.0 Å². The molecule has 3 aromatic rings. The Morgan fingerprint density at radius 1 is 1.02 bits per heavy atom. The molecule has 6 rings (SSSR count). The first-order valence-corrected chi connectivity index (χ1v) is 18.3. The number of piperazine rings is 1. The number of thiazole rings is 1. The maximum Gasteiger partial charge on any atom is 0.410 e. The van der Waals surface area contributed by atoms with Crippen LogP contribution in [-0.4, -0.2) is 92.9 Å². The quantitative estimate of drug-likeness (QED) is 0.207. The van der Waals surface area contributed by atoms with Crippen LogP contribution in [0.25, 0.3) is 5.57 Å². The molecule has 0 spiro atoms. The SMILES string of the molecule is Cc1cc(Cl)c(OCCOc2ncc(C3=C(C(=O)N(Cc4cc(F)cc(F)c4)C4CC4)[C@H]4CN(C(=O)OC(C)(C)C)CC(C3)N4C(=O)O)s2)c(Cl)c1. The second kappa shape index (κ2) is 15.1. The molecule has 1 aliphatic carbocycles. The molecule has 2 bridgehead atoms. The molecule has 3 amide bonds. The van der Waals surface area contributed by atoms with E-state index in [0.29, 0.717) is 39.1 Å². The van der Waals surface area contributed by atoms with Gasteiger partial charge in [-0.15, -0.1) is 0 Å². The zero-order valence-corrected chi connectivity index (χ0v) is 31.3. The number of aromatic nitrogens is 1. The van der Waals surface area contributed by atoms with Gasteiger partial charge in [-0.3, -0.25) is 9.69 Å². The Kier molecular flexibility index (Phi) is 10.9. The van der Waals surface area contributed by atoms with E-state index in [2.05, 4.69) is 4.98 Å².